The molecular formula is C15H17ClN4O2. The third-order valence-corrected chi connectivity index (χ3v) is 4.13. The average molecular weight is 321 g/mol. The Labute approximate surface area is 133 Å². The van der Waals surface area contributed by atoms with Crippen molar-refractivity contribution in [2.24, 2.45) is 0 Å². The highest BCUT2D eigenvalue weighted by atomic mass is 35.5. The van der Waals surface area contributed by atoms with Crippen LogP contribution in [0, 0.1) is 0 Å². The summed E-state index contributed by atoms with van der Waals surface area (Å²) in [4.78, 5) is 14.2. The molecule has 6 nitrogen and oxygen atoms in total. The van der Waals surface area contributed by atoms with Gasteiger partial charge in [-0.3, -0.25) is 4.79 Å². The van der Waals surface area contributed by atoms with Crippen molar-refractivity contribution in [3.8, 4) is 5.88 Å². The van der Waals surface area contributed by atoms with Crippen LogP contribution in [-0.2, 0) is 6.54 Å². The Balaban J connectivity index is 1.87. The molecule has 116 valence electrons. The minimum atomic E-state index is -0.125. The number of hydrogen-bond donors (Lipinski definition) is 0. The summed E-state index contributed by atoms with van der Waals surface area (Å²) in [6, 6.07) is 7.50. The lowest BCUT2D eigenvalue weighted by molar-refractivity contribution is 0.0783. The van der Waals surface area contributed by atoms with Gasteiger partial charge in [0.1, 0.15) is 0 Å². The van der Waals surface area contributed by atoms with Gasteiger partial charge in [-0.15, -0.1) is 5.10 Å². The quantitative estimate of drug-likeness (QED) is 0.866. The molecule has 2 heterocycles. The van der Waals surface area contributed by atoms with E-state index in [0.29, 0.717) is 17.4 Å². The van der Waals surface area contributed by atoms with Crippen LogP contribution in [0.15, 0.2) is 24.3 Å². The molecule has 1 aromatic carbocycles. The molecule has 7 heteroatoms. The molecule has 0 bridgehead atoms. The van der Waals surface area contributed by atoms with Gasteiger partial charge >= 0.3 is 0 Å². The topological polar surface area (TPSA) is 60.2 Å². The standard InChI is InChI=1S/C15H17ClN4O2/c1-22-15-13(14(21)19-8-4-5-9-19)17-18-20(15)10-11-6-2-3-7-12(11)16/h2-3,6-7H,4-5,8-10H2,1H3. The van der Waals surface area contributed by atoms with E-state index in [1.165, 1.54) is 7.11 Å². The van der Waals surface area contributed by atoms with Gasteiger partial charge in [0.2, 0.25) is 11.6 Å². The van der Waals surface area contributed by atoms with Gasteiger partial charge < -0.3 is 9.64 Å². The number of halogens is 1. The van der Waals surface area contributed by atoms with Gasteiger partial charge in [0.15, 0.2) is 0 Å². The number of carbonyl (C=O) groups is 1. The third kappa shape index (κ3) is 2.78. The number of carbonyl (C=O) groups excluding carboxylic acids is 1. The summed E-state index contributed by atoms with van der Waals surface area (Å²) >= 11 is 6.17. The molecule has 0 atom stereocenters. The summed E-state index contributed by atoms with van der Waals surface area (Å²) in [7, 11) is 1.52. The zero-order valence-electron chi connectivity index (χ0n) is 12.3. The molecule has 22 heavy (non-hydrogen) atoms. The van der Waals surface area contributed by atoms with E-state index in [-0.39, 0.29) is 11.6 Å². The normalized spacial score (nSPS) is 14.4. The Morgan fingerprint density at radius 1 is 1.32 bits per heavy atom. The summed E-state index contributed by atoms with van der Waals surface area (Å²) in [5, 5.41) is 8.71. The van der Waals surface area contributed by atoms with Crippen LogP contribution < -0.4 is 4.74 Å². The van der Waals surface area contributed by atoms with Crippen molar-refractivity contribution in [2.75, 3.05) is 20.2 Å². The Hall–Kier alpha value is -2.08. The zero-order valence-corrected chi connectivity index (χ0v) is 13.1. The van der Waals surface area contributed by atoms with E-state index in [1.54, 1.807) is 9.58 Å². The van der Waals surface area contributed by atoms with E-state index in [4.69, 9.17) is 16.3 Å². The highest BCUT2D eigenvalue weighted by molar-refractivity contribution is 6.31. The van der Waals surface area contributed by atoms with Gasteiger partial charge in [0.25, 0.3) is 5.91 Å². The predicted molar refractivity (Wildman–Crippen MR) is 82.3 cm³/mol. The van der Waals surface area contributed by atoms with E-state index in [9.17, 15) is 4.79 Å². The first kappa shape index (κ1) is 14.8. The van der Waals surface area contributed by atoms with Crippen molar-refractivity contribution >= 4 is 17.5 Å². The number of methoxy groups -OCH3 is 1. The van der Waals surface area contributed by atoms with Crippen LogP contribution in [0.3, 0.4) is 0 Å². The monoisotopic (exact) mass is 320 g/mol. The summed E-state index contributed by atoms with van der Waals surface area (Å²) in [5.74, 6) is 0.247. The van der Waals surface area contributed by atoms with Crippen LogP contribution in [0.1, 0.15) is 28.9 Å². The Morgan fingerprint density at radius 3 is 2.73 bits per heavy atom. The van der Waals surface area contributed by atoms with Crippen LogP contribution in [0.5, 0.6) is 5.88 Å². The van der Waals surface area contributed by atoms with Crippen LogP contribution in [0.2, 0.25) is 5.02 Å². The number of ether oxygens (including phenoxy) is 1. The minimum Gasteiger partial charge on any atom is -0.479 e. The molecule has 1 aromatic heterocycles. The van der Waals surface area contributed by atoms with Crippen molar-refractivity contribution in [3.63, 3.8) is 0 Å². The Morgan fingerprint density at radius 2 is 2.05 bits per heavy atom. The van der Waals surface area contributed by atoms with E-state index in [1.807, 2.05) is 24.3 Å². The molecule has 1 aliphatic rings. The number of hydrogen-bond acceptors (Lipinski definition) is 4. The van der Waals surface area contributed by atoms with Crippen molar-refractivity contribution in [1.29, 1.82) is 0 Å². The molecule has 0 unspecified atom stereocenters. The lowest BCUT2D eigenvalue weighted by atomic mass is 10.2. The molecule has 2 aromatic rings. The van der Waals surface area contributed by atoms with E-state index < -0.39 is 0 Å². The second kappa shape index (κ2) is 6.36. The van der Waals surface area contributed by atoms with E-state index >= 15 is 0 Å². The largest absolute Gasteiger partial charge is 0.479 e. The van der Waals surface area contributed by atoms with Crippen molar-refractivity contribution < 1.29 is 9.53 Å². The maximum Gasteiger partial charge on any atom is 0.280 e. The molecule has 0 aliphatic carbocycles. The molecule has 0 radical (unpaired) electrons. The molecule has 1 fully saturated rings. The van der Waals surface area contributed by atoms with Crippen molar-refractivity contribution in [1.82, 2.24) is 19.9 Å². The Bertz CT molecular complexity index is 680. The fourth-order valence-corrected chi connectivity index (χ4v) is 2.80. The summed E-state index contributed by atoms with van der Waals surface area (Å²) in [6.07, 6.45) is 2.06. The smallest absolute Gasteiger partial charge is 0.280 e. The first-order chi connectivity index (χ1) is 10.7. The lowest BCUT2D eigenvalue weighted by Crippen LogP contribution is -2.28. The molecule has 0 N–H and O–H groups in total. The highest BCUT2D eigenvalue weighted by Crippen LogP contribution is 2.23. The molecule has 3 rings (SSSR count). The van der Waals surface area contributed by atoms with Gasteiger partial charge in [-0.2, -0.15) is 0 Å². The number of rotatable bonds is 4. The van der Waals surface area contributed by atoms with E-state index in [0.717, 1.165) is 31.5 Å². The van der Waals surface area contributed by atoms with Crippen LogP contribution in [0.25, 0.3) is 0 Å². The third-order valence-electron chi connectivity index (χ3n) is 3.76. The van der Waals surface area contributed by atoms with Crippen LogP contribution >= 0.6 is 11.6 Å². The van der Waals surface area contributed by atoms with Crippen molar-refractivity contribution in [2.45, 2.75) is 19.4 Å². The second-order valence-corrected chi connectivity index (χ2v) is 5.60. The fourth-order valence-electron chi connectivity index (χ4n) is 2.60. The molecule has 1 saturated heterocycles. The molecule has 0 spiro atoms. The van der Waals surface area contributed by atoms with Gasteiger partial charge in [0.05, 0.1) is 13.7 Å². The number of aromatic nitrogens is 3. The second-order valence-electron chi connectivity index (χ2n) is 5.20. The SMILES string of the molecule is COc1c(C(=O)N2CCCC2)nnn1Cc1ccccc1Cl. The lowest BCUT2D eigenvalue weighted by Gasteiger charge is -2.14. The van der Waals surface area contributed by atoms with Crippen LogP contribution in [0.4, 0.5) is 0 Å². The number of benzene rings is 1. The summed E-state index contributed by atoms with van der Waals surface area (Å²) < 4.78 is 6.92. The first-order valence-electron chi connectivity index (χ1n) is 7.21. The zero-order chi connectivity index (χ0) is 15.5. The highest BCUT2D eigenvalue weighted by Gasteiger charge is 2.27. The number of likely N-dealkylation sites (tertiary alicyclic amines) is 1. The number of nitrogens with zero attached hydrogens (tertiary/aromatic N) is 4. The van der Waals surface area contributed by atoms with Crippen molar-refractivity contribution in [3.05, 3.63) is 40.5 Å². The summed E-state index contributed by atoms with van der Waals surface area (Å²) in [6.45, 7) is 1.93. The van der Waals surface area contributed by atoms with Gasteiger partial charge in [-0.05, 0) is 24.5 Å². The fraction of sp³-hybridized carbons (Fsp3) is 0.400. The first-order valence-corrected chi connectivity index (χ1v) is 7.58. The molecular weight excluding hydrogens is 304 g/mol. The van der Waals surface area contributed by atoms with E-state index in [2.05, 4.69) is 10.3 Å². The van der Waals surface area contributed by atoms with Gasteiger partial charge in [0, 0.05) is 18.1 Å². The maximum absolute atomic E-state index is 12.5. The maximum atomic E-state index is 12.5. The Kier molecular flexibility index (Phi) is 4.29. The summed E-state index contributed by atoms with van der Waals surface area (Å²) in [5.41, 5.74) is 1.16. The predicted octanol–water partition coefficient (Wildman–Crippen LogP) is 2.22. The molecule has 1 amide bonds. The molecule has 1 aliphatic heterocycles. The van der Waals surface area contributed by atoms with Gasteiger partial charge in [-0.1, -0.05) is 35.0 Å². The molecule has 0 saturated carbocycles. The van der Waals surface area contributed by atoms with Gasteiger partial charge in [-0.25, -0.2) is 4.68 Å². The minimum absolute atomic E-state index is 0.125. The average Bonchev–Trinajstić information content (AvgIpc) is 3.18. The number of amides is 1. The van der Waals surface area contributed by atoms with Crippen LogP contribution in [-0.4, -0.2) is 46.0 Å².